The molecule has 0 unspecified atom stereocenters. The molecule has 0 aliphatic rings. The number of nitrogens with zero attached hydrogens (tertiary/aromatic N) is 1. The van der Waals surface area contributed by atoms with Gasteiger partial charge < -0.3 is 24.9 Å². The zero-order valence-electron chi connectivity index (χ0n) is 8.07. The molecule has 0 aliphatic heterocycles. The van der Waals surface area contributed by atoms with Gasteiger partial charge in [0.2, 0.25) is 0 Å². The van der Waals surface area contributed by atoms with Crippen LogP contribution < -0.4 is 0 Å². The van der Waals surface area contributed by atoms with E-state index in [1.165, 1.54) is 6.33 Å². The topological polar surface area (TPSA) is 91.8 Å². The Hall–Kier alpha value is -0.880. The van der Waals surface area contributed by atoms with E-state index >= 15 is 0 Å². The third-order valence-electron chi connectivity index (χ3n) is 1.28. The molecular weight excluding hydrogens is 316 g/mol. The van der Waals surface area contributed by atoms with Crippen LogP contribution in [0.1, 0.15) is 0 Å². The van der Waals surface area contributed by atoms with E-state index < -0.39 is 0 Å². The molecule has 0 spiro atoms. The lowest BCUT2D eigenvalue weighted by molar-refractivity contribution is 0.983. The number of nitrogens with one attached hydrogen (secondary N) is 5. The van der Waals surface area contributed by atoms with Gasteiger partial charge in [0.1, 0.15) is 0 Å². The van der Waals surface area contributed by atoms with E-state index in [9.17, 15) is 0 Å². The molecule has 0 fully saturated rings. The molecule has 2 aromatic heterocycles. The molecule has 11 heteroatoms. The molecular formula is C6H6N6S5. The van der Waals surface area contributed by atoms with Crippen molar-refractivity contribution in [3.05, 3.63) is 30.2 Å². The summed E-state index contributed by atoms with van der Waals surface area (Å²) in [5.74, 6) is 0. The number of rotatable bonds is 0. The molecule has 0 atom stereocenters. The highest BCUT2D eigenvalue weighted by molar-refractivity contribution is 7.72. The highest BCUT2D eigenvalue weighted by Gasteiger charge is 1.76. The van der Waals surface area contributed by atoms with Crippen molar-refractivity contribution in [3.8, 4) is 0 Å². The summed E-state index contributed by atoms with van der Waals surface area (Å²) in [6.07, 6.45) is 1.46. The first-order valence-electron chi connectivity index (χ1n) is 4.04. The molecule has 2 rings (SSSR count). The van der Waals surface area contributed by atoms with Gasteiger partial charge in [-0.05, 0) is 61.1 Å². The first-order chi connectivity index (χ1) is 7.97. The monoisotopic (exact) mass is 322 g/mol. The number of hydrogen-bond acceptors (Lipinski definition) is 6. The summed E-state index contributed by atoms with van der Waals surface area (Å²) in [6.45, 7) is 0. The van der Waals surface area contributed by atoms with Gasteiger partial charge in [-0.25, -0.2) is 4.98 Å². The molecule has 2 aromatic rings. The fourth-order valence-corrected chi connectivity index (χ4v) is 1.89. The summed E-state index contributed by atoms with van der Waals surface area (Å²) >= 11 is 23.5. The van der Waals surface area contributed by atoms with Gasteiger partial charge in [0.05, 0.1) is 6.33 Å². The molecule has 17 heavy (non-hydrogen) atoms. The van der Waals surface area contributed by atoms with Crippen LogP contribution in [0.15, 0.2) is 6.33 Å². The SMILES string of the molecule is S=c1[nH]c(=S)[nH]c(=S)[nH]1.S=c1nc[nH]c(=S)[nH]1. The Kier molecular flexibility index (Phi) is 5.64. The van der Waals surface area contributed by atoms with E-state index in [-0.39, 0.29) is 0 Å². The van der Waals surface area contributed by atoms with E-state index in [1.807, 2.05) is 0 Å². The van der Waals surface area contributed by atoms with Crippen LogP contribution in [0.4, 0.5) is 0 Å². The Morgan fingerprint density at radius 1 is 0.706 bits per heavy atom. The lowest BCUT2D eigenvalue weighted by Gasteiger charge is -1.84. The van der Waals surface area contributed by atoms with Crippen LogP contribution >= 0.6 is 61.1 Å². The summed E-state index contributed by atoms with van der Waals surface area (Å²) in [4.78, 5) is 17.0. The van der Waals surface area contributed by atoms with E-state index in [4.69, 9.17) is 36.7 Å². The highest BCUT2D eigenvalue weighted by atomic mass is 32.1. The Morgan fingerprint density at radius 2 is 1.18 bits per heavy atom. The van der Waals surface area contributed by atoms with Crippen LogP contribution in [-0.4, -0.2) is 29.9 Å². The van der Waals surface area contributed by atoms with Crippen molar-refractivity contribution in [1.29, 1.82) is 0 Å². The molecule has 2 heterocycles. The van der Waals surface area contributed by atoms with E-state index in [0.29, 0.717) is 23.9 Å². The van der Waals surface area contributed by atoms with Crippen LogP contribution in [0.3, 0.4) is 0 Å². The fraction of sp³-hybridized carbons (Fsp3) is 0. The maximum absolute atomic E-state index is 4.72. The lowest BCUT2D eigenvalue weighted by atomic mass is 11.1. The molecule has 0 saturated carbocycles. The number of aromatic nitrogens is 6. The molecule has 5 N–H and O–H groups in total. The molecule has 0 bridgehead atoms. The van der Waals surface area contributed by atoms with Crippen LogP contribution in [0.2, 0.25) is 0 Å². The Labute approximate surface area is 121 Å². The van der Waals surface area contributed by atoms with E-state index in [1.54, 1.807) is 0 Å². The molecule has 0 aliphatic carbocycles. The molecule has 0 aromatic carbocycles. The van der Waals surface area contributed by atoms with Crippen LogP contribution in [-0.2, 0) is 0 Å². The molecule has 6 nitrogen and oxygen atoms in total. The maximum Gasteiger partial charge on any atom is 0.200 e. The summed E-state index contributed by atoms with van der Waals surface area (Å²) in [5.41, 5.74) is 0. The van der Waals surface area contributed by atoms with Crippen molar-refractivity contribution in [2.75, 3.05) is 0 Å². The van der Waals surface area contributed by atoms with Gasteiger partial charge in [-0.15, -0.1) is 0 Å². The summed E-state index contributed by atoms with van der Waals surface area (Å²) in [5, 5.41) is 0. The van der Waals surface area contributed by atoms with Gasteiger partial charge >= 0.3 is 0 Å². The second-order valence-electron chi connectivity index (χ2n) is 2.52. The van der Waals surface area contributed by atoms with E-state index in [0.717, 1.165) is 0 Å². The average Bonchev–Trinajstić information content (AvgIpc) is 2.15. The minimum atomic E-state index is 0.411. The predicted molar refractivity (Wildman–Crippen MR) is 76.6 cm³/mol. The fourth-order valence-electron chi connectivity index (χ4n) is 0.718. The number of hydrogen-bond donors (Lipinski definition) is 5. The average molecular weight is 322 g/mol. The first-order valence-corrected chi connectivity index (χ1v) is 6.08. The van der Waals surface area contributed by atoms with Gasteiger partial charge in [0.15, 0.2) is 23.9 Å². The molecule has 0 amide bonds. The van der Waals surface area contributed by atoms with Gasteiger partial charge in [0.25, 0.3) is 0 Å². The molecule has 0 radical (unpaired) electrons. The summed E-state index contributed by atoms with van der Waals surface area (Å²) in [7, 11) is 0. The zero-order chi connectivity index (χ0) is 12.8. The standard InChI is InChI=1S/C3H3N3S3.C3H3N3S2/c7-1-4-2(8)6-3(9)5-1;7-2-4-1-5-3(8)6-2/h(H3,4,5,6,7,8,9);1H,(H2,4,5,6,7,8). The van der Waals surface area contributed by atoms with Crippen molar-refractivity contribution < 1.29 is 0 Å². The second-order valence-corrected chi connectivity index (χ2v) is 4.54. The first kappa shape index (κ1) is 14.2. The van der Waals surface area contributed by atoms with Crippen molar-refractivity contribution in [1.82, 2.24) is 29.9 Å². The Balaban J connectivity index is 0.000000171. The quantitative estimate of drug-likeness (QED) is 0.479. The Morgan fingerprint density at radius 3 is 1.47 bits per heavy atom. The van der Waals surface area contributed by atoms with Crippen LogP contribution in [0, 0.1) is 23.9 Å². The maximum atomic E-state index is 4.72. The molecule has 0 saturated heterocycles. The largest absolute Gasteiger partial charge is 0.323 e. The van der Waals surface area contributed by atoms with E-state index in [2.05, 4.69) is 54.3 Å². The van der Waals surface area contributed by atoms with Crippen molar-refractivity contribution >= 4 is 61.1 Å². The number of H-pyrrole nitrogens is 5. The second kappa shape index (κ2) is 6.76. The van der Waals surface area contributed by atoms with Crippen molar-refractivity contribution in [2.45, 2.75) is 0 Å². The van der Waals surface area contributed by atoms with Gasteiger partial charge in [-0.1, -0.05) is 0 Å². The van der Waals surface area contributed by atoms with Gasteiger partial charge in [0, 0.05) is 0 Å². The third-order valence-corrected chi connectivity index (χ3v) is 2.32. The smallest absolute Gasteiger partial charge is 0.200 e. The predicted octanol–water partition coefficient (Wildman–Crippen LogP) is 3.06. The van der Waals surface area contributed by atoms with Gasteiger partial charge in [-0.2, -0.15) is 0 Å². The third kappa shape index (κ3) is 5.83. The van der Waals surface area contributed by atoms with Crippen LogP contribution in [0.5, 0.6) is 0 Å². The summed E-state index contributed by atoms with van der Waals surface area (Å²) < 4.78 is 2.26. The highest BCUT2D eigenvalue weighted by Crippen LogP contribution is 1.79. The van der Waals surface area contributed by atoms with Crippen LogP contribution in [0.25, 0.3) is 0 Å². The minimum absolute atomic E-state index is 0.411. The summed E-state index contributed by atoms with van der Waals surface area (Å²) in [6, 6.07) is 0. The normalized spacial score (nSPS) is 9.18. The lowest BCUT2D eigenvalue weighted by Crippen LogP contribution is -1.86. The Bertz CT molecular complexity index is 656. The van der Waals surface area contributed by atoms with Crippen molar-refractivity contribution in [2.24, 2.45) is 0 Å². The van der Waals surface area contributed by atoms with Crippen molar-refractivity contribution in [3.63, 3.8) is 0 Å². The zero-order valence-corrected chi connectivity index (χ0v) is 12.1. The number of aromatic amines is 5. The minimum Gasteiger partial charge on any atom is -0.323 e. The van der Waals surface area contributed by atoms with Gasteiger partial charge in [-0.3, -0.25) is 0 Å². The molecule has 90 valence electrons.